The molecule has 0 saturated heterocycles. The van der Waals surface area contributed by atoms with Crippen LogP contribution < -0.4 is 11.1 Å². The molecule has 1 amide bonds. The lowest BCUT2D eigenvalue weighted by Crippen LogP contribution is -2.15. The Morgan fingerprint density at radius 1 is 1.42 bits per heavy atom. The molecule has 2 aromatic rings. The zero-order valence-corrected chi connectivity index (χ0v) is 13.0. The van der Waals surface area contributed by atoms with E-state index >= 15 is 0 Å². The summed E-state index contributed by atoms with van der Waals surface area (Å²) in [5.41, 5.74) is 7.15. The van der Waals surface area contributed by atoms with Crippen molar-refractivity contribution in [1.82, 2.24) is 0 Å². The van der Waals surface area contributed by atoms with Crippen LogP contribution in [0.4, 0.5) is 5.69 Å². The standard InChI is InChI=1S/C14H15BrN2OS/c1-9-12(15)7-11(19-9)8-17-13-5-3-2-4-10(13)6-14(16)18/h2-5,7,17H,6,8H2,1H3,(H2,16,18). The lowest BCUT2D eigenvalue weighted by atomic mass is 10.1. The van der Waals surface area contributed by atoms with Gasteiger partial charge in [0, 0.05) is 26.5 Å². The molecule has 0 saturated carbocycles. The van der Waals surface area contributed by atoms with Crippen molar-refractivity contribution >= 4 is 38.9 Å². The molecule has 0 aliphatic carbocycles. The van der Waals surface area contributed by atoms with Crippen LogP contribution in [-0.2, 0) is 17.8 Å². The summed E-state index contributed by atoms with van der Waals surface area (Å²) in [6.07, 6.45) is 0.260. The van der Waals surface area contributed by atoms with E-state index in [0.29, 0.717) is 0 Å². The number of amides is 1. The predicted molar refractivity (Wildman–Crippen MR) is 83.4 cm³/mol. The molecule has 19 heavy (non-hydrogen) atoms. The van der Waals surface area contributed by atoms with Crippen LogP contribution in [0.3, 0.4) is 0 Å². The largest absolute Gasteiger partial charge is 0.380 e. The van der Waals surface area contributed by atoms with Crippen molar-refractivity contribution in [2.75, 3.05) is 5.32 Å². The molecular formula is C14H15BrN2OS. The molecular weight excluding hydrogens is 324 g/mol. The summed E-state index contributed by atoms with van der Waals surface area (Å²) in [6, 6.07) is 9.86. The molecule has 0 aliphatic heterocycles. The minimum atomic E-state index is -0.316. The molecule has 1 aromatic carbocycles. The Kier molecular flexibility index (Phi) is 4.61. The smallest absolute Gasteiger partial charge is 0.221 e. The molecule has 0 radical (unpaired) electrons. The summed E-state index contributed by atoms with van der Waals surface area (Å²) < 4.78 is 1.14. The van der Waals surface area contributed by atoms with Crippen LogP contribution in [0.25, 0.3) is 0 Å². The van der Waals surface area contributed by atoms with Crippen molar-refractivity contribution in [2.45, 2.75) is 19.9 Å². The second kappa shape index (κ2) is 6.21. The van der Waals surface area contributed by atoms with Crippen molar-refractivity contribution in [1.29, 1.82) is 0 Å². The average Bonchev–Trinajstić information content (AvgIpc) is 2.67. The van der Waals surface area contributed by atoms with Gasteiger partial charge in [-0.25, -0.2) is 0 Å². The summed E-state index contributed by atoms with van der Waals surface area (Å²) in [7, 11) is 0. The third-order valence-corrected chi connectivity index (χ3v) is 4.88. The molecule has 1 heterocycles. The van der Waals surface area contributed by atoms with E-state index in [-0.39, 0.29) is 12.3 Å². The van der Waals surface area contributed by atoms with E-state index in [2.05, 4.69) is 34.2 Å². The number of benzene rings is 1. The minimum absolute atomic E-state index is 0.260. The van der Waals surface area contributed by atoms with Crippen LogP contribution in [0, 0.1) is 6.92 Å². The van der Waals surface area contributed by atoms with Gasteiger partial charge in [0.15, 0.2) is 0 Å². The van der Waals surface area contributed by atoms with Crippen molar-refractivity contribution in [3.63, 3.8) is 0 Å². The van der Waals surface area contributed by atoms with Crippen molar-refractivity contribution in [3.05, 3.63) is 50.1 Å². The van der Waals surface area contributed by atoms with Crippen molar-refractivity contribution < 1.29 is 4.79 Å². The van der Waals surface area contributed by atoms with Crippen molar-refractivity contribution in [2.24, 2.45) is 5.73 Å². The summed E-state index contributed by atoms with van der Waals surface area (Å²) in [5, 5.41) is 3.36. The van der Waals surface area contributed by atoms with Gasteiger partial charge in [0.2, 0.25) is 5.91 Å². The number of aryl methyl sites for hydroxylation is 1. The van der Waals surface area contributed by atoms with Gasteiger partial charge in [-0.2, -0.15) is 0 Å². The van der Waals surface area contributed by atoms with E-state index in [9.17, 15) is 4.79 Å². The highest BCUT2D eigenvalue weighted by Crippen LogP contribution is 2.27. The van der Waals surface area contributed by atoms with Crippen LogP contribution in [0.1, 0.15) is 15.3 Å². The SMILES string of the molecule is Cc1sc(CNc2ccccc2CC(N)=O)cc1Br. The van der Waals surface area contributed by atoms with E-state index in [0.717, 1.165) is 22.3 Å². The molecule has 2 rings (SSSR count). The number of para-hydroxylation sites is 1. The van der Waals surface area contributed by atoms with E-state index in [1.165, 1.54) is 9.75 Å². The van der Waals surface area contributed by atoms with E-state index in [4.69, 9.17) is 5.73 Å². The summed E-state index contributed by atoms with van der Waals surface area (Å²) in [6.45, 7) is 2.83. The van der Waals surface area contributed by atoms with Gasteiger partial charge in [-0.05, 0) is 40.5 Å². The van der Waals surface area contributed by atoms with Crippen LogP contribution >= 0.6 is 27.3 Å². The first-order chi connectivity index (χ1) is 9.06. The van der Waals surface area contributed by atoms with Gasteiger partial charge in [-0.3, -0.25) is 4.79 Å². The molecule has 0 unspecified atom stereocenters. The predicted octanol–water partition coefficient (Wildman–Crippen LogP) is 3.46. The van der Waals surface area contributed by atoms with Crippen molar-refractivity contribution in [3.8, 4) is 0 Å². The van der Waals surface area contributed by atoms with Gasteiger partial charge < -0.3 is 11.1 Å². The number of hydrogen-bond acceptors (Lipinski definition) is 3. The minimum Gasteiger partial charge on any atom is -0.380 e. The van der Waals surface area contributed by atoms with Gasteiger partial charge in [0.1, 0.15) is 0 Å². The van der Waals surface area contributed by atoms with Crippen LogP contribution in [0.5, 0.6) is 0 Å². The Balaban J connectivity index is 2.08. The normalized spacial score (nSPS) is 10.4. The maximum atomic E-state index is 11.0. The van der Waals surface area contributed by atoms with Gasteiger partial charge in [0.05, 0.1) is 6.42 Å². The van der Waals surface area contributed by atoms with E-state index in [1.54, 1.807) is 11.3 Å². The van der Waals surface area contributed by atoms with Gasteiger partial charge in [0.25, 0.3) is 0 Å². The fourth-order valence-corrected chi connectivity index (χ4v) is 3.36. The second-order valence-corrected chi connectivity index (χ2v) is 6.47. The molecule has 5 heteroatoms. The molecule has 0 spiro atoms. The van der Waals surface area contributed by atoms with Gasteiger partial charge in [-0.1, -0.05) is 18.2 Å². The highest BCUT2D eigenvalue weighted by atomic mass is 79.9. The van der Waals surface area contributed by atoms with E-state index in [1.807, 2.05) is 24.3 Å². The summed E-state index contributed by atoms with van der Waals surface area (Å²) >= 11 is 5.26. The first-order valence-corrected chi connectivity index (χ1v) is 7.52. The molecule has 100 valence electrons. The van der Waals surface area contributed by atoms with Crippen LogP contribution in [0.15, 0.2) is 34.8 Å². The van der Waals surface area contributed by atoms with Gasteiger partial charge in [-0.15, -0.1) is 11.3 Å². The molecule has 3 N–H and O–H groups in total. The van der Waals surface area contributed by atoms with Crippen LogP contribution in [-0.4, -0.2) is 5.91 Å². The molecule has 0 aliphatic rings. The third-order valence-electron chi connectivity index (χ3n) is 2.74. The molecule has 0 fully saturated rings. The fourth-order valence-electron chi connectivity index (χ4n) is 1.82. The number of anilines is 1. The summed E-state index contributed by atoms with van der Waals surface area (Å²) in [4.78, 5) is 13.5. The number of primary amides is 1. The lowest BCUT2D eigenvalue weighted by Gasteiger charge is -2.10. The number of hydrogen-bond donors (Lipinski definition) is 2. The second-order valence-electron chi connectivity index (χ2n) is 4.27. The number of carbonyl (C=O) groups excluding carboxylic acids is 1. The number of thiophene rings is 1. The number of rotatable bonds is 5. The third kappa shape index (κ3) is 3.81. The van der Waals surface area contributed by atoms with E-state index < -0.39 is 0 Å². The van der Waals surface area contributed by atoms with Crippen LogP contribution in [0.2, 0.25) is 0 Å². The molecule has 0 bridgehead atoms. The number of nitrogens with one attached hydrogen (secondary N) is 1. The molecule has 3 nitrogen and oxygen atoms in total. The quantitative estimate of drug-likeness (QED) is 0.877. The maximum absolute atomic E-state index is 11.0. The Bertz CT molecular complexity index is 575. The van der Waals surface area contributed by atoms with Gasteiger partial charge >= 0.3 is 0 Å². The first kappa shape index (κ1) is 14.1. The Hall–Kier alpha value is -1.33. The number of nitrogens with two attached hydrogens (primary N) is 1. The summed E-state index contributed by atoms with van der Waals surface area (Å²) in [5.74, 6) is -0.316. The Labute approximate surface area is 125 Å². The maximum Gasteiger partial charge on any atom is 0.221 e. The first-order valence-electron chi connectivity index (χ1n) is 5.91. The molecule has 1 aromatic heterocycles. The Morgan fingerprint density at radius 2 is 2.16 bits per heavy atom. The zero-order chi connectivity index (χ0) is 13.8. The number of carbonyl (C=O) groups is 1. The monoisotopic (exact) mass is 338 g/mol. The highest BCUT2D eigenvalue weighted by Gasteiger charge is 2.06. The zero-order valence-electron chi connectivity index (χ0n) is 10.6. The Morgan fingerprint density at radius 3 is 2.79 bits per heavy atom. The highest BCUT2D eigenvalue weighted by molar-refractivity contribution is 9.10. The number of halogens is 1. The molecule has 0 atom stereocenters. The lowest BCUT2D eigenvalue weighted by molar-refractivity contribution is -0.117. The topological polar surface area (TPSA) is 55.1 Å². The average molecular weight is 339 g/mol. The fraction of sp³-hybridized carbons (Fsp3) is 0.214.